The third-order valence-electron chi connectivity index (χ3n) is 4.68. The highest BCUT2D eigenvalue weighted by Crippen LogP contribution is 2.31. The summed E-state index contributed by atoms with van der Waals surface area (Å²) in [5.41, 5.74) is 2.60. The van der Waals surface area contributed by atoms with Crippen LogP contribution in [0.1, 0.15) is 29.2 Å². The molecule has 0 saturated heterocycles. The highest BCUT2D eigenvalue weighted by molar-refractivity contribution is 6.32. The first-order valence-electron chi connectivity index (χ1n) is 8.43. The number of carbonyl (C=O) groups excluding carboxylic acids is 1. The molecule has 136 valence electrons. The Balaban J connectivity index is 1.73. The Labute approximate surface area is 157 Å². The van der Waals surface area contributed by atoms with Crippen LogP contribution in [0.5, 0.6) is 5.75 Å². The van der Waals surface area contributed by atoms with Gasteiger partial charge in [-0.3, -0.25) is 4.79 Å². The standard InChI is InChI=1S/C20H20ClNO4/c1-26-17-8-6-13(12-16(17)21)7-9-18(23)22-11-10-14-4-2-3-5-15(14)19(22)20(24)25/h2-6,8,12,19H,7,9-11H2,1H3,(H,24,25). The van der Waals surface area contributed by atoms with Crippen molar-refractivity contribution in [2.45, 2.75) is 25.3 Å². The Bertz CT molecular complexity index is 836. The molecule has 1 aliphatic rings. The van der Waals surface area contributed by atoms with Crippen LogP contribution in [0, 0.1) is 0 Å². The summed E-state index contributed by atoms with van der Waals surface area (Å²) < 4.78 is 5.12. The molecule has 0 aromatic heterocycles. The van der Waals surface area contributed by atoms with Gasteiger partial charge < -0.3 is 14.7 Å². The second-order valence-corrected chi connectivity index (χ2v) is 6.65. The fraction of sp³-hybridized carbons (Fsp3) is 0.300. The molecule has 1 atom stereocenters. The average molecular weight is 374 g/mol. The number of carboxylic acids is 1. The summed E-state index contributed by atoms with van der Waals surface area (Å²) in [6.07, 6.45) is 1.39. The molecular formula is C20H20ClNO4. The number of aryl methyl sites for hydroxylation is 1. The Morgan fingerprint density at radius 2 is 2.04 bits per heavy atom. The first kappa shape index (κ1) is 18.3. The van der Waals surface area contributed by atoms with Crippen LogP contribution >= 0.6 is 11.6 Å². The third-order valence-corrected chi connectivity index (χ3v) is 4.98. The summed E-state index contributed by atoms with van der Waals surface area (Å²) in [6, 6.07) is 11.9. The number of fused-ring (bicyclic) bond motifs is 1. The average Bonchev–Trinajstić information content (AvgIpc) is 2.65. The zero-order valence-electron chi connectivity index (χ0n) is 14.4. The van der Waals surface area contributed by atoms with Crippen LogP contribution in [0.2, 0.25) is 5.02 Å². The van der Waals surface area contributed by atoms with Gasteiger partial charge in [-0.15, -0.1) is 0 Å². The number of ether oxygens (including phenoxy) is 1. The molecule has 0 radical (unpaired) electrons. The zero-order valence-corrected chi connectivity index (χ0v) is 15.2. The lowest BCUT2D eigenvalue weighted by atomic mass is 9.92. The highest BCUT2D eigenvalue weighted by Gasteiger charge is 2.35. The molecule has 1 amide bonds. The number of hydrogen-bond acceptors (Lipinski definition) is 3. The van der Waals surface area contributed by atoms with E-state index < -0.39 is 12.0 Å². The number of methoxy groups -OCH3 is 1. The molecule has 26 heavy (non-hydrogen) atoms. The van der Waals surface area contributed by atoms with Crippen LogP contribution in [-0.2, 0) is 22.4 Å². The van der Waals surface area contributed by atoms with Crippen LogP contribution in [0.15, 0.2) is 42.5 Å². The fourth-order valence-electron chi connectivity index (χ4n) is 3.36. The number of aliphatic carboxylic acids is 1. The lowest BCUT2D eigenvalue weighted by Gasteiger charge is -2.34. The maximum Gasteiger partial charge on any atom is 0.331 e. The smallest absolute Gasteiger partial charge is 0.331 e. The minimum atomic E-state index is -1.00. The van der Waals surface area contributed by atoms with E-state index in [-0.39, 0.29) is 12.3 Å². The van der Waals surface area contributed by atoms with Crippen molar-refractivity contribution in [3.63, 3.8) is 0 Å². The summed E-state index contributed by atoms with van der Waals surface area (Å²) >= 11 is 6.12. The number of rotatable bonds is 5. The topological polar surface area (TPSA) is 66.8 Å². The second-order valence-electron chi connectivity index (χ2n) is 6.25. The van der Waals surface area contributed by atoms with E-state index in [2.05, 4.69) is 0 Å². The van der Waals surface area contributed by atoms with Crippen LogP contribution in [0.25, 0.3) is 0 Å². The molecule has 1 N–H and O–H groups in total. The fourth-order valence-corrected chi connectivity index (χ4v) is 3.64. The number of carboxylic acid groups (broad SMARTS) is 1. The summed E-state index contributed by atoms with van der Waals surface area (Å²) in [7, 11) is 1.55. The molecule has 5 nitrogen and oxygen atoms in total. The predicted octanol–water partition coefficient (Wildman–Crippen LogP) is 3.49. The van der Waals surface area contributed by atoms with E-state index in [9.17, 15) is 14.7 Å². The normalized spacial score (nSPS) is 16.1. The molecule has 6 heteroatoms. The Kier molecular flexibility index (Phi) is 5.47. The van der Waals surface area contributed by atoms with Crippen LogP contribution in [-0.4, -0.2) is 35.5 Å². The molecule has 0 spiro atoms. The molecule has 1 aliphatic heterocycles. The van der Waals surface area contributed by atoms with Gasteiger partial charge in [0.15, 0.2) is 6.04 Å². The van der Waals surface area contributed by atoms with E-state index in [4.69, 9.17) is 16.3 Å². The van der Waals surface area contributed by atoms with E-state index in [1.54, 1.807) is 25.3 Å². The monoisotopic (exact) mass is 373 g/mol. The van der Waals surface area contributed by atoms with Gasteiger partial charge in [0.2, 0.25) is 5.91 Å². The van der Waals surface area contributed by atoms with Crippen molar-refractivity contribution >= 4 is 23.5 Å². The summed E-state index contributed by atoms with van der Waals surface area (Å²) in [6.45, 7) is 0.413. The maximum atomic E-state index is 12.7. The van der Waals surface area contributed by atoms with E-state index in [0.717, 1.165) is 11.1 Å². The number of benzene rings is 2. The van der Waals surface area contributed by atoms with Crippen molar-refractivity contribution in [2.75, 3.05) is 13.7 Å². The van der Waals surface area contributed by atoms with Crippen molar-refractivity contribution in [1.82, 2.24) is 4.90 Å². The van der Waals surface area contributed by atoms with E-state index in [1.165, 1.54) is 4.90 Å². The van der Waals surface area contributed by atoms with Gasteiger partial charge in [0.25, 0.3) is 0 Å². The number of amides is 1. The summed E-state index contributed by atoms with van der Waals surface area (Å²) in [5, 5.41) is 10.2. The molecular weight excluding hydrogens is 354 g/mol. The molecule has 0 saturated carbocycles. The van der Waals surface area contributed by atoms with Gasteiger partial charge in [0.05, 0.1) is 12.1 Å². The summed E-state index contributed by atoms with van der Waals surface area (Å²) in [5.74, 6) is -0.586. The quantitative estimate of drug-likeness (QED) is 0.871. The number of hydrogen-bond donors (Lipinski definition) is 1. The molecule has 1 heterocycles. The van der Waals surface area contributed by atoms with Gasteiger partial charge >= 0.3 is 5.97 Å². The Morgan fingerprint density at radius 1 is 1.27 bits per heavy atom. The lowest BCUT2D eigenvalue weighted by Crippen LogP contribution is -2.43. The van der Waals surface area contributed by atoms with Crippen LogP contribution in [0.4, 0.5) is 0 Å². The lowest BCUT2D eigenvalue weighted by molar-refractivity contribution is -0.151. The minimum absolute atomic E-state index is 0.168. The number of halogens is 1. The number of nitrogens with zero attached hydrogens (tertiary/aromatic N) is 1. The molecule has 3 rings (SSSR count). The van der Waals surface area contributed by atoms with Crippen molar-refractivity contribution in [3.05, 3.63) is 64.2 Å². The zero-order chi connectivity index (χ0) is 18.7. The maximum absolute atomic E-state index is 12.7. The number of carbonyl (C=O) groups is 2. The highest BCUT2D eigenvalue weighted by atomic mass is 35.5. The van der Waals surface area contributed by atoms with Gasteiger partial charge in [-0.1, -0.05) is 41.9 Å². The van der Waals surface area contributed by atoms with Gasteiger partial charge in [-0.05, 0) is 41.7 Å². The van der Waals surface area contributed by atoms with Gasteiger partial charge in [0, 0.05) is 13.0 Å². The molecule has 1 unspecified atom stereocenters. The van der Waals surface area contributed by atoms with Crippen LogP contribution in [0.3, 0.4) is 0 Å². The third kappa shape index (κ3) is 3.68. The van der Waals surface area contributed by atoms with Crippen molar-refractivity contribution in [3.8, 4) is 5.75 Å². The second kappa shape index (κ2) is 7.79. The van der Waals surface area contributed by atoms with E-state index >= 15 is 0 Å². The van der Waals surface area contributed by atoms with Crippen molar-refractivity contribution < 1.29 is 19.4 Å². The molecule has 0 bridgehead atoms. The molecule has 0 fully saturated rings. The molecule has 0 aliphatic carbocycles. The van der Waals surface area contributed by atoms with Gasteiger partial charge in [-0.25, -0.2) is 4.79 Å². The van der Waals surface area contributed by atoms with E-state index in [0.29, 0.717) is 35.7 Å². The van der Waals surface area contributed by atoms with Gasteiger partial charge in [-0.2, -0.15) is 0 Å². The van der Waals surface area contributed by atoms with Crippen molar-refractivity contribution in [2.24, 2.45) is 0 Å². The first-order chi connectivity index (χ1) is 12.5. The van der Waals surface area contributed by atoms with Crippen molar-refractivity contribution in [1.29, 1.82) is 0 Å². The molecule has 2 aromatic rings. The van der Waals surface area contributed by atoms with Gasteiger partial charge in [0.1, 0.15) is 5.75 Å². The minimum Gasteiger partial charge on any atom is -0.495 e. The largest absolute Gasteiger partial charge is 0.495 e. The molecule has 2 aromatic carbocycles. The summed E-state index contributed by atoms with van der Waals surface area (Å²) in [4.78, 5) is 26.0. The SMILES string of the molecule is COc1ccc(CCC(=O)N2CCc3ccccc3C2C(=O)O)cc1Cl. The Hall–Kier alpha value is -2.53. The first-order valence-corrected chi connectivity index (χ1v) is 8.81. The van der Waals surface area contributed by atoms with Crippen LogP contribution < -0.4 is 4.74 Å². The van der Waals surface area contributed by atoms with E-state index in [1.807, 2.05) is 24.3 Å². The Morgan fingerprint density at radius 3 is 2.73 bits per heavy atom. The predicted molar refractivity (Wildman–Crippen MR) is 98.6 cm³/mol.